The molecule has 8 atom stereocenters. The molecule has 5 aromatic rings. The maximum atomic E-state index is 14.5. The smallest absolute Gasteiger partial charge is 0.407 e. The van der Waals surface area contributed by atoms with Crippen molar-refractivity contribution in [3.8, 4) is 28.1 Å². The Morgan fingerprint density at radius 3 is 2.52 bits per heavy atom. The summed E-state index contributed by atoms with van der Waals surface area (Å²) in [5, 5.41) is 5.03. The largest absolute Gasteiger partial charge is 0.488 e. The van der Waals surface area contributed by atoms with Gasteiger partial charge in [-0.3, -0.25) is 9.59 Å². The first kappa shape index (κ1) is 40.6. The van der Waals surface area contributed by atoms with Crippen molar-refractivity contribution in [2.45, 2.75) is 135 Å². The Morgan fingerprint density at radius 1 is 0.903 bits per heavy atom. The summed E-state index contributed by atoms with van der Waals surface area (Å²) in [6.45, 7) is 10.6. The molecule has 4 aliphatic heterocycles. The molecule has 13 nitrogen and oxygen atoms in total. The molecule has 3 amide bonds. The van der Waals surface area contributed by atoms with E-state index in [0.29, 0.717) is 25.4 Å². The summed E-state index contributed by atoms with van der Waals surface area (Å²) in [4.78, 5) is 61.9. The highest BCUT2D eigenvalue weighted by Gasteiger charge is 2.48. The Morgan fingerprint density at radius 2 is 1.73 bits per heavy atom. The van der Waals surface area contributed by atoms with Gasteiger partial charge in [0.2, 0.25) is 11.8 Å². The number of benzene rings is 3. The fourth-order valence-electron chi connectivity index (χ4n) is 11.6. The molecule has 3 saturated heterocycles. The SMILES string of the molecule is COC(=O)N[C@H](C(=O)N1[C@@H](C)CC[C@H]1c1ncc(-c2ccc3c(c2)COc2cc4c(ccc5nc([C@@H]6C[C@@H]7CCC[C@@H]7N6C(=O)[CH]C(C)C)[nH]c54)cc2-3)[nH]1)C1C[C@@H](C)O[C@H](C)C1. The number of fused-ring (bicyclic) bond motifs is 7. The molecule has 4 fully saturated rings. The second-order valence-corrected chi connectivity index (χ2v) is 19.0. The van der Waals surface area contributed by atoms with E-state index in [2.05, 4.69) is 83.4 Å². The highest BCUT2D eigenvalue weighted by molar-refractivity contribution is 6.07. The van der Waals surface area contributed by atoms with E-state index >= 15 is 0 Å². The maximum Gasteiger partial charge on any atom is 0.407 e. The molecule has 2 aromatic heterocycles. The monoisotopic (exact) mass is 840 g/mol. The number of amides is 3. The Balaban J connectivity index is 0.903. The number of hydrogen-bond acceptors (Lipinski definition) is 8. The molecule has 1 aliphatic carbocycles. The Hall–Kier alpha value is -5.43. The summed E-state index contributed by atoms with van der Waals surface area (Å²) in [6.07, 6.45) is 10.3. The van der Waals surface area contributed by atoms with Crippen molar-refractivity contribution in [3.05, 3.63) is 72.3 Å². The van der Waals surface area contributed by atoms with Gasteiger partial charge in [0.15, 0.2) is 0 Å². The van der Waals surface area contributed by atoms with Crippen molar-refractivity contribution < 1.29 is 28.6 Å². The number of alkyl carbamates (subject to hydrolysis) is 1. The van der Waals surface area contributed by atoms with Crippen LogP contribution in [0, 0.1) is 24.2 Å². The number of hydrogen-bond donors (Lipinski definition) is 3. The standard InChI is InChI=1S/C49H58N7O6/c1-25(2)16-43(57)56-39-9-7-8-31(39)21-41(56)47-51-37-14-12-29-20-36-34-13-11-30(19-33(34)24-61-42(36)22-35(29)45(37)53-47)38-23-50-46(52-38)40-15-10-26(3)55(40)48(58)44(54-49(59)60-6)32-17-27(4)62-28(5)18-32/h11-14,16,19-20,22-23,25-28,31-32,39-41,44H,7-10,15,17-18,21,24H2,1-6H3,(H,50,52)(H,51,53)(H,54,59)/t26-,27+,28+,31-,39-,40-,41-,44-/m0/s1. The van der Waals surface area contributed by atoms with E-state index in [9.17, 15) is 14.4 Å². The predicted molar refractivity (Wildman–Crippen MR) is 236 cm³/mol. The van der Waals surface area contributed by atoms with Crippen molar-refractivity contribution in [1.82, 2.24) is 35.1 Å². The summed E-state index contributed by atoms with van der Waals surface area (Å²) in [7, 11) is 1.32. The Bertz CT molecular complexity index is 2540. The van der Waals surface area contributed by atoms with Gasteiger partial charge in [-0.05, 0) is 130 Å². The third-order valence-electron chi connectivity index (χ3n) is 14.3. The molecule has 6 heterocycles. The van der Waals surface area contributed by atoms with Crippen LogP contribution in [0.1, 0.15) is 115 Å². The van der Waals surface area contributed by atoms with E-state index in [4.69, 9.17) is 24.2 Å². The van der Waals surface area contributed by atoms with Crippen LogP contribution in [0.25, 0.3) is 44.2 Å². The lowest BCUT2D eigenvalue weighted by molar-refractivity contribution is -0.140. The van der Waals surface area contributed by atoms with E-state index in [1.165, 1.54) is 20.0 Å². The molecular weight excluding hydrogens is 783 g/mol. The molecule has 0 bridgehead atoms. The third kappa shape index (κ3) is 7.19. The van der Waals surface area contributed by atoms with Gasteiger partial charge in [-0.25, -0.2) is 14.8 Å². The van der Waals surface area contributed by atoms with Gasteiger partial charge in [0.25, 0.3) is 0 Å². The van der Waals surface area contributed by atoms with E-state index in [1.807, 2.05) is 31.4 Å². The second-order valence-electron chi connectivity index (χ2n) is 19.0. The number of nitrogens with zero attached hydrogens (tertiary/aromatic N) is 4. The van der Waals surface area contributed by atoms with E-state index in [0.717, 1.165) is 92.8 Å². The van der Waals surface area contributed by atoms with Gasteiger partial charge in [0.05, 0.1) is 60.7 Å². The number of ether oxygens (including phenoxy) is 3. The number of likely N-dealkylation sites (tertiary alicyclic amines) is 2. The first-order valence-electron chi connectivity index (χ1n) is 22.7. The summed E-state index contributed by atoms with van der Waals surface area (Å²) in [5.41, 5.74) is 6.95. The van der Waals surface area contributed by atoms with Gasteiger partial charge in [0.1, 0.15) is 30.0 Å². The summed E-state index contributed by atoms with van der Waals surface area (Å²) >= 11 is 0. The van der Waals surface area contributed by atoms with Crippen LogP contribution >= 0.6 is 0 Å². The zero-order chi connectivity index (χ0) is 43.0. The average molecular weight is 841 g/mol. The zero-order valence-electron chi connectivity index (χ0n) is 36.6. The second kappa shape index (κ2) is 16.0. The highest BCUT2D eigenvalue weighted by atomic mass is 16.5. The number of carbonyl (C=O) groups excluding carboxylic acids is 3. The van der Waals surface area contributed by atoms with Gasteiger partial charge in [0, 0.05) is 23.0 Å². The molecule has 62 heavy (non-hydrogen) atoms. The first-order chi connectivity index (χ1) is 29.9. The fraction of sp³-hybridized carbons (Fsp3) is 0.510. The van der Waals surface area contributed by atoms with Crippen LogP contribution in [0.3, 0.4) is 0 Å². The first-order valence-corrected chi connectivity index (χ1v) is 22.7. The van der Waals surface area contributed by atoms with E-state index in [1.54, 1.807) is 0 Å². The van der Waals surface area contributed by atoms with Crippen LogP contribution in [0.15, 0.2) is 48.7 Å². The minimum absolute atomic E-state index is 0.0180. The molecule has 1 radical (unpaired) electrons. The Kier molecular flexibility index (Phi) is 10.5. The van der Waals surface area contributed by atoms with Crippen LogP contribution in [-0.2, 0) is 25.7 Å². The fourth-order valence-corrected chi connectivity index (χ4v) is 11.6. The van der Waals surface area contributed by atoms with Gasteiger partial charge in [-0.2, -0.15) is 0 Å². The van der Waals surface area contributed by atoms with Crippen LogP contribution in [-0.4, -0.2) is 85.1 Å². The number of nitrogens with one attached hydrogen (secondary N) is 3. The van der Waals surface area contributed by atoms with Gasteiger partial charge in [-0.15, -0.1) is 0 Å². The number of rotatable bonds is 8. The molecule has 10 rings (SSSR count). The number of methoxy groups -OCH3 is 1. The topological polar surface area (TPSA) is 155 Å². The number of H-pyrrole nitrogens is 2. The molecule has 3 N–H and O–H groups in total. The van der Waals surface area contributed by atoms with Crippen molar-refractivity contribution in [2.75, 3.05) is 7.11 Å². The van der Waals surface area contributed by atoms with Crippen LogP contribution < -0.4 is 10.1 Å². The van der Waals surface area contributed by atoms with Crippen molar-refractivity contribution in [2.24, 2.45) is 17.8 Å². The number of aromatic nitrogens is 4. The third-order valence-corrected chi connectivity index (χ3v) is 14.3. The average Bonchev–Trinajstić information content (AvgIpc) is 4.09. The Labute approximate surface area is 362 Å². The van der Waals surface area contributed by atoms with Gasteiger partial charge < -0.3 is 39.3 Å². The minimum Gasteiger partial charge on any atom is -0.488 e. The molecular formula is C49H58N7O6. The molecule has 3 aromatic carbocycles. The van der Waals surface area contributed by atoms with Crippen molar-refractivity contribution in [3.63, 3.8) is 0 Å². The normalized spacial score (nSPS) is 27.3. The lowest BCUT2D eigenvalue weighted by atomic mass is 9.85. The van der Waals surface area contributed by atoms with Crippen molar-refractivity contribution >= 4 is 39.7 Å². The molecule has 325 valence electrons. The molecule has 1 saturated carbocycles. The van der Waals surface area contributed by atoms with Crippen molar-refractivity contribution in [1.29, 1.82) is 0 Å². The predicted octanol–water partition coefficient (Wildman–Crippen LogP) is 8.95. The summed E-state index contributed by atoms with van der Waals surface area (Å²) in [5.74, 6) is 3.06. The quantitative estimate of drug-likeness (QED) is 0.140. The molecule has 5 aliphatic rings. The summed E-state index contributed by atoms with van der Waals surface area (Å²) < 4.78 is 17.4. The maximum absolute atomic E-state index is 14.5. The zero-order valence-corrected chi connectivity index (χ0v) is 36.6. The van der Waals surface area contributed by atoms with Crippen LogP contribution in [0.2, 0.25) is 0 Å². The van der Waals surface area contributed by atoms with Gasteiger partial charge in [-0.1, -0.05) is 38.5 Å². The van der Waals surface area contributed by atoms with Crippen LogP contribution in [0.4, 0.5) is 4.79 Å². The van der Waals surface area contributed by atoms with E-state index < -0.39 is 12.1 Å². The number of aromatic amines is 2. The van der Waals surface area contributed by atoms with E-state index in [-0.39, 0.29) is 60.0 Å². The summed E-state index contributed by atoms with van der Waals surface area (Å²) in [6, 6.07) is 14.2. The molecule has 13 heteroatoms. The molecule has 0 spiro atoms. The number of imidazole rings is 2. The number of carbonyl (C=O) groups is 3. The van der Waals surface area contributed by atoms with Crippen LogP contribution in [0.5, 0.6) is 5.75 Å². The minimum atomic E-state index is -0.731. The lowest BCUT2D eigenvalue weighted by Crippen LogP contribution is -2.55. The molecule has 0 unspecified atom stereocenters. The lowest BCUT2D eigenvalue weighted by Gasteiger charge is -2.39. The highest BCUT2D eigenvalue weighted by Crippen LogP contribution is 2.49. The van der Waals surface area contributed by atoms with Gasteiger partial charge >= 0.3 is 6.09 Å².